The molecule has 0 radical (unpaired) electrons. The molecule has 1 saturated carbocycles. The van der Waals surface area contributed by atoms with Gasteiger partial charge in [0.05, 0.1) is 11.9 Å². The first-order valence-electron chi connectivity index (χ1n) is 10.3. The summed E-state index contributed by atoms with van der Waals surface area (Å²) in [6.45, 7) is 0. The highest BCUT2D eigenvalue weighted by Gasteiger charge is 2.45. The molecule has 5 rings (SSSR count). The summed E-state index contributed by atoms with van der Waals surface area (Å²) in [5.74, 6) is -2.55. The van der Waals surface area contributed by atoms with Crippen molar-refractivity contribution in [1.82, 2.24) is 17.9 Å². The zero-order chi connectivity index (χ0) is 21.6. The van der Waals surface area contributed by atoms with Crippen molar-refractivity contribution in [2.45, 2.75) is 25.2 Å². The van der Waals surface area contributed by atoms with Crippen LogP contribution in [0, 0.1) is 5.92 Å². The first kappa shape index (κ1) is 20.5. The number of alkyl halides is 2. The van der Waals surface area contributed by atoms with Gasteiger partial charge in [0.25, 0.3) is 0 Å². The molecule has 0 spiro atoms. The topological polar surface area (TPSA) is 34.0 Å². The van der Waals surface area contributed by atoms with E-state index < -0.39 is 5.92 Å². The van der Waals surface area contributed by atoms with Gasteiger partial charge in [0.1, 0.15) is 0 Å². The summed E-state index contributed by atoms with van der Waals surface area (Å²) in [6, 6.07) is 12.5. The molecule has 7 heteroatoms. The monoisotopic (exact) mass is 532 g/mol. The molecule has 3 heterocycles. The van der Waals surface area contributed by atoms with E-state index in [-0.39, 0.29) is 39.8 Å². The van der Waals surface area contributed by atoms with E-state index in [4.69, 9.17) is 4.98 Å². The molecule has 0 atom stereocenters. The van der Waals surface area contributed by atoms with Gasteiger partial charge >= 0.3 is 0 Å². The highest BCUT2D eigenvalue weighted by molar-refractivity contribution is 14.2. The average Bonchev–Trinajstić information content (AvgIpc) is 3.35. The summed E-state index contributed by atoms with van der Waals surface area (Å²) in [6.07, 6.45) is 6.38. The fourth-order valence-electron chi connectivity index (χ4n) is 4.22. The molecule has 160 valence electrons. The van der Waals surface area contributed by atoms with Crippen LogP contribution >= 0.6 is 21.0 Å². The van der Waals surface area contributed by atoms with Gasteiger partial charge in [0.2, 0.25) is 5.92 Å². The van der Waals surface area contributed by atoms with Gasteiger partial charge in [-0.05, 0) is 55.1 Å². The molecule has 1 fully saturated rings. The van der Waals surface area contributed by atoms with Crippen molar-refractivity contribution in [2.75, 3.05) is 7.05 Å². The molecular weight excluding hydrogens is 509 g/mol. The Labute approximate surface area is 190 Å². The van der Waals surface area contributed by atoms with Crippen LogP contribution in [0.3, 0.4) is 0 Å². The van der Waals surface area contributed by atoms with Gasteiger partial charge in [0, 0.05) is 67.3 Å². The van der Waals surface area contributed by atoms with E-state index in [1.807, 2.05) is 19.3 Å². The molecule has 0 bridgehead atoms. The van der Waals surface area contributed by atoms with Crippen molar-refractivity contribution in [1.29, 1.82) is 0 Å². The maximum Gasteiger partial charge on any atom is 0.248 e. The second-order valence-electron chi connectivity index (χ2n) is 8.32. The molecule has 0 N–H and O–H groups in total. The van der Waals surface area contributed by atoms with Gasteiger partial charge in [-0.25, -0.2) is 8.78 Å². The highest BCUT2D eigenvalue weighted by Crippen LogP contribution is 2.44. The summed E-state index contributed by atoms with van der Waals surface area (Å²) < 4.78 is 33.2. The Balaban J connectivity index is 1.51. The van der Waals surface area contributed by atoms with Crippen molar-refractivity contribution in [2.24, 2.45) is 13.0 Å². The molecule has 31 heavy (non-hydrogen) atoms. The summed E-state index contributed by atoms with van der Waals surface area (Å²) in [7, 11) is 3.98. The number of halogens is 3. The summed E-state index contributed by atoms with van der Waals surface area (Å²) in [4.78, 5) is 4.97. The van der Waals surface area contributed by atoms with Gasteiger partial charge in [-0.15, -0.1) is 0 Å². The number of benzene rings is 1. The minimum absolute atomic E-state index is 0.0304. The average molecular weight is 532 g/mol. The molecule has 0 unspecified atom stereocenters. The Kier molecular flexibility index (Phi) is 5.24. The third-order valence-electron chi connectivity index (χ3n) is 5.78. The smallest absolute Gasteiger partial charge is 0.248 e. The predicted octanol–water partition coefficient (Wildman–Crippen LogP) is 5.71. The molecule has 0 amide bonds. The molecule has 2 aromatic heterocycles. The van der Waals surface area contributed by atoms with E-state index in [0.29, 0.717) is 6.42 Å². The SMILES string of the molecule is CN1C=C(c2cccc(-c3ccc(-c4cnn(C)c4)c(CC4CC(F)(F)C4)n3)c2)C=I1. The first-order chi connectivity index (χ1) is 14.9. The van der Waals surface area contributed by atoms with Crippen molar-refractivity contribution in [3.8, 4) is 22.4 Å². The van der Waals surface area contributed by atoms with Gasteiger partial charge in [-0.1, -0.05) is 24.3 Å². The van der Waals surface area contributed by atoms with Crippen molar-refractivity contribution < 1.29 is 8.78 Å². The van der Waals surface area contributed by atoms with E-state index >= 15 is 0 Å². The van der Waals surface area contributed by atoms with Crippen LogP contribution in [0.4, 0.5) is 8.78 Å². The molecule has 1 aliphatic heterocycles. The normalized spacial score (nSPS) is 17.9. The second-order valence-corrected chi connectivity index (χ2v) is 11.0. The number of hydrogen-bond acceptors (Lipinski definition) is 3. The quantitative estimate of drug-likeness (QED) is 0.312. The van der Waals surface area contributed by atoms with Crippen LogP contribution in [0.1, 0.15) is 24.1 Å². The maximum absolute atomic E-state index is 13.4. The highest BCUT2D eigenvalue weighted by atomic mass is 127. The van der Waals surface area contributed by atoms with Gasteiger partial charge in [-0.3, -0.25) is 9.67 Å². The molecule has 1 aromatic carbocycles. The summed E-state index contributed by atoms with van der Waals surface area (Å²) in [5, 5.41) is 4.27. The lowest BCUT2D eigenvalue weighted by atomic mass is 9.77. The van der Waals surface area contributed by atoms with Crippen LogP contribution in [0.15, 0.2) is 55.0 Å². The number of hydrogen-bond donors (Lipinski definition) is 0. The molecule has 1 aliphatic carbocycles. The fraction of sp³-hybridized carbons (Fsp3) is 0.292. The van der Waals surface area contributed by atoms with Gasteiger partial charge in [-0.2, -0.15) is 5.10 Å². The first-order valence-corrected chi connectivity index (χ1v) is 12.5. The van der Waals surface area contributed by atoms with Crippen LogP contribution in [-0.4, -0.2) is 34.9 Å². The lowest BCUT2D eigenvalue weighted by Crippen LogP contribution is -2.36. The second kappa shape index (κ2) is 7.93. The molecule has 3 aromatic rings. The Morgan fingerprint density at radius 1 is 1.10 bits per heavy atom. The summed E-state index contributed by atoms with van der Waals surface area (Å²) >= 11 is -0.0687. The fourth-order valence-corrected chi connectivity index (χ4v) is 5.94. The Morgan fingerprint density at radius 2 is 1.90 bits per heavy atom. The number of aromatic nitrogens is 3. The maximum atomic E-state index is 13.4. The van der Waals surface area contributed by atoms with Crippen molar-refractivity contribution in [3.63, 3.8) is 0 Å². The number of nitrogens with zero attached hydrogens (tertiary/aromatic N) is 4. The van der Waals surface area contributed by atoms with Crippen molar-refractivity contribution in [3.05, 3.63) is 66.2 Å². The van der Waals surface area contributed by atoms with E-state index in [9.17, 15) is 8.78 Å². The molecule has 0 saturated heterocycles. The Hall–Kier alpha value is -2.42. The third-order valence-corrected chi connectivity index (χ3v) is 7.88. The van der Waals surface area contributed by atoms with Crippen LogP contribution < -0.4 is 0 Å². The van der Waals surface area contributed by atoms with Crippen LogP contribution in [0.2, 0.25) is 0 Å². The standard InChI is InChI=1S/C24H23F2IN4/c1-30-14-19(12-27-30)17-4-3-5-18(9-17)22-7-6-21(20-13-28-31(2)15-20)23(29-22)8-16-10-24(25,26)11-16/h3-7,9,12-16H,8,10-11H2,1-2H3. The van der Waals surface area contributed by atoms with Crippen molar-refractivity contribution >= 4 is 30.6 Å². The minimum atomic E-state index is -2.52. The lowest BCUT2D eigenvalue weighted by Gasteiger charge is -2.35. The lowest BCUT2D eigenvalue weighted by molar-refractivity contribution is -0.109. The molecular formula is C24H23F2IN4. The Morgan fingerprint density at radius 3 is 2.58 bits per heavy atom. The van der Waals surface area contributed by atoms with E-state index in [1.54, 1.807) is 10.9 Å². The minimum Gasteiger partial charge on any atom is -0.329 e. The number of rotatable bonds is 5. The number of pyridine rings is 1. The zero-order valence-electron chi connectivity index (χ0n) is 17.4. The predicted molar refractivity (Wildman–Crippen MR) is 129 cm³/mol. The summed E-state index contributed by atoms with van der Waals surface area (Å²) in [5.41, 5.74) is 7.15. The van der Waals surface area contributed by atoms with Crippen LogP contribution in [-0.2, 0) is 13.5 Å². The van der Waals surface area contributed by atoms with Crippen LogP contribution in [0.5, 0.6) is 0 Å². The van der Waals surface area contributed by atoms with Gasteiger partial charge in [0.15, 0.2) is 0 Å². The molecule has 2 aliphatic rings. The van der Waals surface area contributed by atoms with Crippen LogP contribution in [0.25, 0.3) is 28.0 Å². The number of aryl methyl sites for hydroxylation is 1. The van der Waals surface area contributed by atoms with Gasteiger partial charge < -0.3 is 3.11 Å². The van der Waals surface area contributed by atoms with E-state index in [1.165, 1.54) is 11.1 Å². The Bertz CT molecular complexity index is 1190. The van der Waals surface area contributed by atoms with E-state index in [2.05, 4.69) is 55.8 Å². The zero-order valence-corrected chi connectivity index (χ0v) is 19.6. The number of allylic oxidation sites excluding steroid dienone is 1. The third kappa shape index (κ3) is 4.33. The van der Waals surface area contributed by atoms with E-state index in [0.717, 1.165) is 28.1 Å². The molecule has 4 nitrogen and oxygen atoms in total. The largest absolute Gasteiger partial charge is 0.329 e.